The molecule has 21 heavy (non-hydrogen) atoms. The van der Waals surface area contributed by atoms with E-state index >= 15 is 0 Å². The van der Waals surface area contributed by atoms with Crippen LogP contribution < -0.4 is 5.46 Å². The van der Waals surface area contributed by atoms with Crippen molar-refractivity contribution >= 4 is 46.7 Å². The van der Waals surface area contributed by atoms with Crippen molar-refractivity contribution in [1.82, 2.24) is 9.78 Å². The highest BCUT2D eigenvalue weighted by Crippen LogP contribution is 2.30. The highest BCUT2D eigenvalue weighted by atomic mass is 35.5. The lowest BCUT2D eigenvalue weighted by molar-refractivity contribution is 0.426. The molecule has 0 saturated heterocycles. The van der Waals surface area contributed by atoms with Crippen LogP contribution in [0, 0.1) is 0 Å². The van der Waals surface area contributed by atoms with E-state index < -0.39 is 7.12 Å². The van der Waals surface area contributed by atoms with Gasteiger partial charge >= 0.3 is 7.12 Å². The van der Waals surface area contributed by atoms with Gasteiger partial charge in [0.25, 0.3) is 0 Å². The molecule has 3 aromatic rings. The summed E-state index contributed by atoms with van der Waals surface area (Å²) in [6.45, 7) is 0. The van der Waals surface area contributed by atoms with Gasteiger partial charge in [0.1, 0.15) is 10.9 Å². The molecule has 1 heterocycles. The van der Waals surface area contributed by atoms with Crippen LogP contribution in [0.1, 0.15) is 0 Å². The van der Waals surface area contributed by atoms with Gasteiger partial charge in [-0.15, -0.1) is 0 Å². The van der Waals surface area contributed by atoms with Gasteiger partial charge in [0.15, 0.2) is 0 Å². The molecular formula is C13H9BCl2N2O3. The number of hydrogen-bond donors (Lipinski definition) is 3. The molecule has 0 bridgehead atoms. The van der Waals surface area contributed by atoms with Gasteiger partial charge in [-0.2, -0.15) is 5.10 Å². The third-order valence-electron chi connectivity index (χ3n) is 3.09. The molecule has 1 aromatic heterocycles. The molecule has 0 fully saturated rings. The molecule has 0 aliphatic rings. The zero-order valence-corrected chi connectivity index (χ0v) is 12.0. The molecule has 3 rings (SSSR count). The molecule has 0 saturated carbocycles. The molecule has 106 valence electrons. The lowest BCUT2D eigenvalue weighted by Gasteiger charge is -2.05. The summed E-state index contributed by atoms with van der Waals surface area (Å²) >= 11 is 12.4. The predicted octanol–water partition coefficient (Wildman–Crippen LogP) is 1.72. The van der Waals surface area contributed by atoms with Gasteiger partial charge in [-0.05, 0) is 29.7 Å². The third kappa shape index (κ3) is 2.47. The predicted molar refractivity (Wildman–Crippen MR) is 82.6 cm³/mol. The summed E-state index contributed by atoms with van der Waals surface area (Å²) in [6, 6.07) is 9.21. The number of aromatic hydroxyl groups is 1. The van der Waals surface area contributed by atoms with Crippen LogP contribution in [-0.4, -0.2) is 32.1 Å². The summed E-state index contributed by atoms with van der Waals surface area (Å²) in [6.07, 6.45) is 0. The Bertz CT molecular complexity index is 836. The monoisotopic (exact) mass is 322 g/mol. The first kappa shape index (κ1) is 14.2. The van der Waals surface area contributed by atoms with E-state index in [2.05, 4.69) is 5.10 Å². The number of rotatable bonds is 2. The minimum absolute atomic E-state index is 0.0438. The van der Waals surface area contributed by atoms with Crippen LogP contribution in [0.25, 0.3) is 16.6 Å². The number of hydrogen-bond acceptors (Lipinski definition) is 4. The second-order valence-electron chi connectivity index (χ2n) is 4.49. The van der Waals surface area contributed by atoms with Crippen molar-refractivity contribution in [1.29, 1.82) is 0 Å². The number of benzene rings is 2. The second-order valence-corrected chi connectivity index (χ2v) is 5.25. The van der Waals surface area contributed by atoms with E-state index in [1.807, 2.05) is 0 Å². The van der Waals surface area contributed by atoms with Crippen LogP contribution in [0.2, 0.25) is 10.2 Å². The van der Waals surface area contributed by atoms with E-state index in [1.54, 1.807) is 24.3 Å². The number of halogens is 2. The Balaban J connectivity index is 2.22. The standard InChI is InChI=1S/C13H9BCl2N2O3/c15-10-6-8(19)2-4-12(10)18-13(16)9-5-7(14(20)21)1-3-11(9)17-18/h1-6,19-21H. The quantitative estimate of drug-likeness (QED) is 0.628. The lowest BCUT2D eigenvalue weighted by Crippen LogP contribution is -2.29. The first-order valence-corrected chi connectivity index (χ1v) is 6.76. The lowest BCUT2D eigenvalue weighted by atomic mass is 9.80. The summed E-state index contributed by atoms with van der Waals surface area (Å²) in [5.74, 6) is 0.0438. The maximum Gasteiger partial charge on any atom is 0.488 e. The van der Waals surface area contributed by atoms with Crippen molar-refractivity contribution in [3.05, 3.63) is 46.6 Å². The van der Waals surface area contributed by atoms with Crippen molar-refractivity contribution in [2.75, 3.05) is 0 Å². The maximum atomic E-state index is 9.39. The Labute approximate surface area is 130 Å². The van der Waals surface area contributed by atoms with Crippen LogP contribution in [0.3, 0.4) is 0 Å². The molecule has 0 atom stereocenters. The number of phenolic OH excluding ortho intramolecular Hbond substituents is 1. The first-order valence-electron chi connectivity index (χ1n) is 6.00. The SMILES string of the molecule is OB(O)c1ccc2nn(-c3ccc(O)cc3Cl)c(Cl)c2c1. The first-order chi connectivity index (χ1) is 9.97. The van der Waals surface area contributed by atoms with Crippen molar-refractivity contribution in [3.63, 3.8) is 0 Å². The highest BCUT2D eigenvalue weighted by Gasteiger charge is 2.17. The van der Waals surface area contributed by atoms with E-state index in [0.717, 1.165) is 0 Å². The molecule has 0 spiro atoms. The molecule has 0 aliphatic heterocycles. The minimum Gasteiger partial charge on any atom is -0.508 e. The normalized spacial score (nSPS) is 11.0. The smallest absolute Gasteiger partial charge is 0.488 e. The molecule has 8 heteroatoms. The van der Waals surface area contributed by atoms with Crippen LogP contribution in [0.4, 0.5) is 0 Å². The molecule has 0 unspecified atom stereocenters. The summed E-state index contributed by atoms with van der Waals surface area (Å²) in [5.41, 5.74) is 1.43. The zero-order valence-electron chi connectivity index (χ0n) is 10.5. The Morgan fingerprint density at radius 2 is 1.81 bits per heavy atom. The van der Waals surface area contributed by atoms with E-state index in [9.17, 15) is 15.2 Å². The number of nitrogens with zero attached hydrogens (tertiary/aromatic N) is 2. The molecule has 2 aromatic carbocycles. The molecule has 0 radical (unpaired) electrons. The van der Waals surface area contributed by atoms with E-state index in [1.165, 1.54) is 16.8 Å². The average Bonchev–Trinajstić information content (AvgIpc) is 2.75. The largest absolute Gasteiger partial charge is 0.508 e. The van der Waals surface area contributed by atoms with Gasteiger partial charge in [-0.3, -0.25) is 0 Å². The third-order valence-corrected chi connectivity index (χ3v) is 3.76. The topological polar surface area (TPSA) is 78.5 Å². The Morgan fingerprint density at radius 3 is 2.48 bits per heavy atom. The summed E-state index contributed by atoms with van der Waals surface area (Å²) < 4.78 is 1.43. The van der Waals surface area contributed by atoms with Gasteiger partial charge in [0.05, 0.1) is 16.2 Å². The number of aromatic nitrogens is 2. The van der Waals surface area contributed by atoms with Crippen molar-refractivity contribution < 1.29 is 15.2 Å². The van der Waals surface area contributed by atoms with Crippen LogP contribution in [0.5, 0.6) is 5.75 Å². The number of phenols is 1. The molecular weight excluding hydrogens is 314 g/mol. The Hall–Kier alpha value is -1.73. The van der Waals surface area contributed by atoms with Gasteiger partial charge in [-0.25, -0.2) is 4.68 Å². The zero-order chi connectivity index (χ0) is 15.1. The van der Waals surface area contributed by atoms with Crippen molar-refractivity contribution in [2.24, 2.45) is 0 Å². The summed E-state index contributed by atoms with van der Waals surface area (Å²) in [5, 5.41) is 33.3. The number of fused-ring (bicyclic) bond motifs is 1. The van der Waals surface area contributed by atoms with E-state index in [0.29, 0.717) is 32.2 Å². The fourth-order valence-corrected chi connectivity index (χ4v) is 2.59. The second kappa shape index (κ2) is 5.24. The van der Waals surface area contributed by atoms with Gasteiger partial charge in [0.2, 0.25) is 0 Å². The summed E-state index contributed by atoms with van der Waals surface area (Å²) in [4.78, 5) is 0. The fraction of sp³-hybridized carbons (Fsp3) is 0. The van der Waals surface area contributed by atoms with Gasteiger partial charge < -0.3 is 15.2 Å². The average molecular weight is 323 g/mol. The summed E-state index contributed by atoms with van der Waals surface area (Å²) in [7, 11) is -1.58. The van der Waals surface area contributed by atoms with Crippen molar-refractivity contribution in [2.45, 2.75) is 0 Å². The maximum absolute atomic E-state index is 9.39. The van der Waals surface area contributed by atoms with Crippen LogP contribution in [0.15, 0.2) is 36.4 Å². The van der Waals surface area contributed by atoms with Crippen molar-refractivity contribution in [3.8, 4) is 11.4 Å². The van der Waals surface area contributed by atoms with Gasteiger partial charge in [-0.1, -0.05) is 29.3 Å². The van der Waals surface area contributed by atoms with E-state index in [4.69, 9.17) is 23.2 Å². The molecule has 0 amide bonds. The van der Waals surface area contributed by atoms with Crippen LogP contribution in [-0.2, 0) is 0 Å². The fourth-order valence-electron chi connectivity index (χ4n) is 2.06. The molecule has 3 N–H and O–H groups in total. The molecule has 5 nitrogen and oxygen atoms in total. The Kier molecular flexibility index (Phi) is 3.55. The van der Waals surface area contributed by atoms with Gasteiger partial charge in [0, 0.05) is 11.5 Å². The van der Waals surface area contributed by atoms with E-state index in [-0.39, 0.29) is 5.75 Å². The molecule has 0 aliphatic carbocycles. The minimum atomic E-state index is -1.58. The van der Waals surface area contributed by atoms with Crippen LogP contribution >= 0.6 is 23.2 Å². The Morgan fingerprint density at radius 1 is 1.05 bits per heavy atom. The highest BCUT2D eigenvalue weighted by molar-refractivity contribution is 6.59.